The van der Waals surface area contributed by atoms with Crippen LogP contribution in [0.5, 0.6) is 0 Å². The second-order valence-electron chi connectivity index (χ2n) is 3.70. The van der Waals surface area contributed by atoms with Gasteiger partial charge >= 0.3 is 0 Å². The molecular weight excluding hydrogens is 196 g/mol. The van der Waals surface area contributed by atoms with Gasteiger partial charge in [0, 0.05) is 24.4 Å². The van der Waals surface area contributed by atoms with Gasteiger partial charge in [-0.1, -0.05) is 0 Å². The highest BCUT2D eigenvalue weighted by Gasteiger charge is 2.34. The summed E-state index contributed by atoms with van der Waals surface area (Å²) in [7, 11) is 0. The highest BCUT2D eigenvalue weighted by Crippen LogP contribution is 2.32. The summed E-state index contributed by atoms with van der Waals surface area (Å²) in [5.74, 6) is 0. The van der Waals surface area contributed by atoms with E-state index in [1.54, 1.807) is 18.5 Å². The average molecular weight is 210 g/mol. The number of nitrogens with zero attached hydrogens (tertiary/aromatic N) is 1. The number of hydrogen-bond acceptors (Lipinski definition) is 5. The summed E-state index contributed by atoms with van der Waals surface area (Å²) in [4.78, 5) is 3.96. The molecule has 1 aromatic rings. The van der Waals surface area contributed by atoms with Gasteiger partial charge < -0.3 is 20.7 Å². The number of hydrogen-bond donors (Lipinski definition) is 3. The van der Waals surface area contributed by atoms with E-state index in [0.717, 1.165) is 5.56 Å². The number of anilines is 1. The van der Waals surface area contributed by atoms with Crippen LogP contribution < -0.4 is 5.73 Å². The van der Waals surface area contributed by atoms with Crippen molar-refractivity contribution in [1.29, 1.82) is 0 Å². The van der Waals surface area contributed by atoms with E-state index in [1.807, 2.05) is 0 Å². The smallest absolute Gasteiger partial charge is 0.107 e. The van der Waals surface area contributed by atoms with Gasteiger partial charge in [-0.3, -0.25) is 4.98 Å². The van der Waals surface area contributed by atoms with Crippen molar-refractivity contribution in [1.82, 2.24) is 4.98 Å². The minimum absolute atomic E-state index is 0.173. The van der Waals surface area contributed by atoms with Crippen molar-refractivity contribution in [2.45, 2.75) is 24.7 Å². The molecule has 0 amide bonds. The third-order valence-electron chi connectivity index (χ3n) is 2.56. The summed E-state index contributed by atoms with van der Waals surface area (Å²) in [6.07, 6.45) is 2.33. The fraction of sp³-hybridized carbons (Fsp3) is 0.500. The van der Waals surface area contributed by atoms with Gasteiger partial charge in [0.1, 0.15) is 6.10 Å². The highest BCUT2D eigenvalue weighted by atomic mass is 16.5. The van der Waals surface area contributed by atoms with Gasteiger partial charge in [-0.25, -0.2) is 0 Å². The molecule has 1 fully saturated rings. The molecule has 2 rings (SSSR count). The maximum Gasteiger partial charge on any atom is 0.107 e. The largest absolute Gasteiger partial charge is 0.397 e. The monoisotopic (exact) mass is 210 g/mol. The Balaban J connectivity index is 2.13. The number of aromatic nitrogens is 1. The summed E-state index contributed by atoms with van der Waals surface area (Å²) in [5, 5.41) is 18.5. The molecule has 0 bridgehead atoms. The Hall–Kier alpha value is -1.17. The number of aliphatic hydroxyl groups excluding tert-OH is 2. The number of nitrogens with two attached hydrogens (primary N) is 1. The fourth-order valence-corrected chi connectivity index (χ4v) is 1.76. The Morgan fingerprint density at radius 3 is 2.93 bits per heavy atom. The van der Waals surface area contributed by atoms with Crippen LogP contribution in [0.4, 0.5) is 5.69 Å². The van der Waals surface area contributed by atoms with Crippen LogP contribution in [0.3, 0.4) is 0 Å². The first-order chi connectivity index (χ1) is 7.20. The Morgan fingerprint density at radius 1 is 1.53 bits per heavy atom. The van der Waals surface area contributed by atoms with E-state index in [9.17, 15) is 5.11 Å². The molecule has 1 aliphatic rings. The van der Waals surface area contributed by atoms with Crippen LogP contribution >= 0.6 is 0 Å². The molecular formula is C10H14N2O3. The highest BCUT2D eigenvalue weighted by molar-refractivity contribution is 5.38. The lowest BCUT2D eigenvalue weighted by atomic mass is 10.1. The van der Waals surface area contributed by atoms with E-state index in [-0.39, 0.29) is 12.7 Å². The molecule has 1 saturated heterocycles. The molecule has 15 heavy (non-hydrogen) atoms. The quantitative estimate of drug-likeness (QED) is 0.631. The molecule has 2 heterocycles. The van der Waals surface area contributed by atoms with Crippen molar-refractivity contribution in [3.63, 3.8) is 0 Å². The lowest BCUT2D eigenvalue weighted by molar-refractivity contribution is -0.0226. The van der Waals surface area contributed by atoms with Crippen molar-refractivity contribution >= 4 is 5.69 Å². The molecule has 1 aromatic heterocycles. The molecule has 1 aliphatic heterocycles. The summed E-state index contributed by atoms with van der Waals surface area (Å²) in [5.41, 5.74) is 7.00. The predicted octanol–water partition coefficient (Wildman–Crippen LogP) is -0.153. The maximum atomic E-state index is 9.55. The zero-order valence-corrected chi connectivity index (χ0v) is 8.21. The topological polar surface area (TPSA) is 88.6 Å². The van der Waals surface area contributed by atoms with Gasteiger partial charge in [-0.05, 0) is 6.07 Å². The normalized spacial score (nSPS) is 30.7. The first-order valence-electron chi connectivity index (χ1n) is 4.85. The molecule has 5 heteroatoms. The molecule has 0 aliphatic carbocycles. The number of rotatable bonds is 2. The van der Waals surface area contributed by atoms with Gasteiger partial charge in [0.05, 0.1) is 24.5 Å². The fourth-order valence-electron chi connectivity index (χ4n) is 1.76. The van der Waals surface area contributed by atoms with E-state index in [2.05, 4.69) is 4.98 Å². The van der Waals surface area contributed by atoms with E-state index < -0.39 is 12.2 Å². The second kappa shape index (κ2) is 4.14. The molecule has 0 aromatic carbocycles. The average Bonchev–Trinajstić information content (AvgIpc) is 2.60. The van der Waals surface area contributed by atoms with Crippen LogP contribution in [0, 0.1) is 0 Å². The van der Waals surface area contributed by atoms with Crippen molar-refractivity contribution in [2.75, 3.05) is 12.3 Å². The predicted molar refractivity (Wildman–Crippen MR) is 54.0 cm³/mol. The number of ether oxygens (including phenoxy) is 1. The molecule has 0 saturated carbocycles. The van der Waals surface area contributed by atoms with Crippen LogP contribution in [0.25, 0.3) is 0 Å². The molecule has 4 N–H and O–H groups in total. The number of pyridine rings is 1. The minimum atomic E-state index is -0.624. The first-order valence-corrected chi connectivity index (χ1v) is 4.85. The first kappa shape index (κ1) is 10.4. The molecule has 82 valence electrons. The molecule has 0 radical (unpaired) electrons. The third kappa shape index (κ3) is 2.09. The summed E-state index contributed by atoms with van der Waals surface area (Å²) >= 11 is 0. The van der Waals surface area contributed by atoms with Crippen molar-refractivity contribution in [3.8, 4) is 0 Å². The van der Waals surface area contributed by atoms with E-state index in [4.69, 9.17) is 15.6 Å². The van der Waals surface area contributed by atoms with Gasteiger partial charge in [0.15, 0.2) is 0 Å². The second-order valence-corrected chi connectivity index (χ2v) is 3.70. The van der Waals surface area contributed by atoms with Crippen LogP contribution in [-0.2, 0) is 4.74 Å². The Bertz CT molecular complexity index is 345. The standard InChI is InChI=1S/C10H14N2O3/c11-7-1-6(3-12-4-7)9-2-8(14)10(5-13)15-9/h1,3-4,8-10,13-14H,2,5,11H2/t8-,9+,10+/m0/s1. The summed E-state index contributed by atoms with van der Waals surface area (Å²) in [6, 6.07) is 1.77. The van der Waals surface area contributed by atoms with Crippen LogP contribution in [0.1, 0.15) is 18.1 Å². The Kier molecular flexibility index (Phi) is 2.86. The van der Waals surface area contributed by atoms with Crippen LogP contribution in [0.2, 0.25) is 0 Å². The Labute approximate surface area is 87.5 Å². The zero-order chi connectivity index (χ0) is 10.8. The van der Waals surface area contributed by atoms with Gasteiger partial charge in [0.2, 0.25) is 0 Å². The van der Waals surface area contributed by atoms with Crippen LogP contribution in [-0.4, -0.2) is 34.0 Å². The SMILES string of the molecule is Nc1cncc([C@H]2C[C@H](O)[C@@H](CO)O2)c1. The number of nitrogen functional groups attached to an aromatic ring is 1. The molecule has 3 atom stereocenters. The van der Waals surface area contributed by atoms with Gasteiger partial charge in [0.25, 0.3) is 0 Å². The molecule has 0 unspecified atom stereocenters. The lowest BCUT2D eigenvalue weighted by Gasteiger charge is -2.12. The van der Waals surface area contributed by atoms with Crippen molar-refractivity contribution in [2.24, 2.45) is 0 Å². The van der Waals surface area contributed by atoms with Crippen LogP contribution in [0.15, 0.2) is 18.5 Å². The van der Waals surface area contributed by atoms with Gasteiger partial charge in [-0.15, -0.1) is 0 Å². The van der Waals surface area contributed by atoms with E-state index in [0.29, 0.717) is 12.1 Å². The number of aliphatic hydroxyl groups is 2. The summed E-state index contributed by atoms with van der Waals surface area (Å²) < 4.78 is 5.47. The maximum absolute atomic E-state index is 9.55. The molecule has 0 spiro atoms. The van der Waals surface area contributed by atoms with E-state index >= 15 is 0 Å². The van der Waals surface area contributed by atoms with E-state index in [1.165, 1.54) is 0 Å². The molecule has 5 nitrogen and oxygen atoms in total. The lowest BCUT2D eigenvalue weighted by Crippen LogP contribution is -2.24. The van der Waals surface area contributed by atoms with Crippen molar-refractivity contribution in [3.05, 3.63) is 24.0 Å². The van der Waals surface area contributed by atoms with Crippen molar-refractivity contribution < 1.29 is 14.9 Å². The summed E-state index contributed by atoms with van der Waals surface area (Å²) in [6.45, 7) is -0.173. The third-order valence-corrected chi connectivity index (χ3v) is 2.56. The minimum Gasteiger partial charge on any atom is -0.397 e. The van der Waals surface area contributed by atoms with Gasteiger partial charge in [-0.2, -0.15) is 0 Å². The Morgan fingerprint density at radius 2 is 2.33 bits per heavy atom. The zero-order valence-electron chi connectivity index (χ0n) is 8.21.